The number of piperazine rings is 2. The average molecular weight is 700 g/mol. The van der Waals surface area contributed by atoms with Crippen molar-refractivity contribution in [2.75, 3.05) is 74.4 Å². The molecule has 0 spiro atoms. The van der Waals surface area contributed by atoms with Crippen LogP contribution in [0.1, 0.15) is 57.4 Å². The van der Waals surface area contributed by atoms with Crippen LogP contribution in [-0.4, -0.2) is 106 Å². The zero-order valence-corrected chi connectivity index (χ0v) is 29.9. The van der Waals surface area contributed by atoms with E-state index in [1.165, 1.54) is 10.6 Å². The van der Waals surface area contributed by atoms with Gasteiger partial charge in [-0.1, -0.05) is 55.6 Å². The SMILES string of the molecule is CCCCCC(=O)N1CCN(C(=O)CC(Cc2ccc(Cl)cc2)C(=O)N2CCN(c3ccccc3N(CC3CC3)S(C)(=O)=O)CC2)CC1. The van der Waals surface area contributed by atoms with Gasteiger partial charge in [-0.05, 0) is 61.4 Å². The van der Waals surface area contributed by atoms with Gasteiger partial charge in [0.25, 0.3) is 0 Å². The highest BCUT2D eigenvalue weighted by molar-refractivity contribution is 7.92. The molecule has 1 saturated carbocycles. The van der Waals surface area contributed by atoms with Gasteiger partial charge in [-0.15, -0.1) is 0 Å². The molecule has 2 aromatic rings. The Balaban J connectivity index is 1.23. The third-order valence-corrected chi connectivity index (χ3v) is 11.1. The summed E-state index contributed by atoms with van der Waals surface area (Å²) in [7, 11) is -3.46. The summed E-state index contributed by atoms with van der Waals surface area (Å²) >= 11 is 6.13. The topological polar surface area (TPSA) is 102 Å². The second-order valence-corrected chi connectivity index (χ2v) is 15.8. The lowest BCUT2D eigenvalue weighted by atomic mass is 9.93. The molecule has 0 radical (unpaired) electrons. The van der Waals surface area contributed by atoms with Crippen molar-refractivity contribution in [1.82, 2.24) is 14.7 Å². The lowest BCUT2D eigenvalue weighted by Crippen LogP contribution is -2.53. The largest absolute Gasteiger partial charge is 0.366 e. The number of benzene rings is 2. The minimum atomic E-state index is -3.46. The van der Waals surface area contributed by atoms with Gasteiger partial charge in [0.05, 0.1) is 23.5 Å². The van der Waals surface area contributed by atoms with Crippen LogP contribution in [0.15, 0.2) is 48.5 Å². The van der Waals surface area contributed by atoms with E-state index < -0.39 is 15.9 Å². The maximum absolute atomic E-state index is 14.1. The highest BCUT2D eigenvalue weighted by atomic mass is 35.5. The zero-order chi connectivity index (χ0) is 34.3. The first kappa shape index (κ1) is 36.0. The van der Waals surface area contributed by atoms with Gasteiger partial charge in [0, 0.05) is 76.8 Å². The van der Waals surface area contributed by atoms with E-state index in [1.807, 2.05) is 46.2 Å². The molecule has 3 aliphatic rings. The third kappa shape index (κ3) is 9.65. The van der Waals surface area contributed by atoms with E-state index >= 15 is 0 Å². The van der Waals surface area contributed by atoms with Crippen LogP contribution in [0.5, 0.6) is 0 Å². The third-order valence-electron chi connectivity index (χ3n) is 9.75. The Kier molecular flexibility index (Phi) is 12.3. The molecular formula is C36H50ClN5O5S. The Hall–Kier alpha value is -3.31. The van der Waals surface area contributed by atoms with Gasteiger partial charge < -0.3 is 19.6 Å². The summed E-state index contributed by atoms with van der Waals surface area (Å²) in [6.45, 7) is 6.65. The number of nitrogens with zero attached hydrogens (tertiary/aromatic N) is 5. The van der Waals surface area contributed by atoms with E-state index in [0.29, 0.717) is 88.4 Å². The molecule has 48 heavy (non-hydrogen) atoms. The molecule has 12 heteroatoms. The Morgan fingerprint density at radius 1 is 0.833 bits per heavy atom. The Morgan fingerprint density at radius 2 is 1.44 bits per heavy atom. The van der Waals surface area contributed by atoms with Crippen LogP contribution >= 0.6 is 11.6 Å². The number of para-hydroxylation sites is 2. The molecule has 2 saturated heterocycles. The lowest BCUT2D eigenvalue weighted by Gasteiger charge is -2.39. The van der Waals surface area contributed by atoms with E-state index in [0.717, 1.165) is 43.4 Å². The molecule has 5 rings (SSSR count). The van der Waals surface area contributed by atoms with Crippen molar-refractivity contribution in [2.24, 2.45) is 11.8 Å². The van der Waals surface area contributed by atoms with Crippen molar-refractivity contribution in [3.63, 3.8) is 0 Å². The minimum Gasteiger partial charge on any atom is -0.366 e. The van der Waals surface area contributed by atoms with E-state index in [4.69, 9.17) is 11.6 Å². The smallest absolute Gasteiger partial charge is 0.232 e. The van der Waals surface area contributed by atoms with E-state index in [1.54, 1.807) is 17.0 Å². The lowest BCUT2D eigenvalue weighted by molar-refractivity contribution is -0.144. The number of hydrogen-bond donors (Lipinski definition) is 0. The molecule has 2 aromatic carbocycles. The van der Waals surface area contributed by atoms with Crippen molar-refractivity contribution in [3.05, 3.63) is 59.1 Å². The van der Waals surface area contributed by atoms with Crippen LogP contribution in [-0.2, 0) is 30.8 Å². The summed E-state index contributed by atoms with van der Waals surface area (Å²) in [5.41, 5.74) is 2.48. The second kappa shape index (κ2) is 16.4. The molecule has 10 nitrogen and oxygen atoms in total. The molecular weight excluding hydrogens is 650 g/mol. The first-order chi connectivity index (χ1) is 23.0. The summed E-state index contributed by atoms with van der Waals surface area (Å²) in [4.78, 5) is 48.0. The number of sulfonamides is 1. The number of amides is 3. The zero-order valence-electron chi connectivity index (χ0n) is 28.4. The molecule has 0 aromatic heterocycles. The normalized spacial score (nSPS) is 17.7. The molecule has 1 atom stereocenters. The number of carbonyl (C=O) groups excluding carboxylic acids is 3. The maximum atomic E-state index is 14.1. The molecule has 2 heterocycles. The number of halogens is 1. The van der Waals surface area contributed by atoms with Crippen LogP contribution in [0.4, 0.5) is 11.4 Å². The van der Waals surface area contributed by atoms with Gasteiger partial charge in [-0.25, -0.2) is 8.42 Å². The Morgan fingerprint density at radius 3 is 2.04 bits per heavy atom. The highest BCUT2D eigenvalue weighted by Crippen LogP contribution is 2.37. The fourth-order valence-corrected chi connectivity index (χ4v) is 7.82. The van der Waals surface area contributed by atoms with Gasteiger partial charge >= 0.3 is 0 Å². The van der Waals surface area contributed by atoms with Crippen molar-refractivity contribution in [3.8, 4) is 0 Å². The van der Waals surface area contributed by atoms with Crippen molar-refractivity contribution >= 4 is 50.7 Å². The molecule has 1 aliphatic carbocycles. The fraction of sp³-hybridized carbons (Fsp3) is 0.583. The van der Waals surface area contributed by atoms with Gasteiger partial charge in [-0.3, -0.25) is 18.7 Å². The van der Waals surface area contributed by atoms with Crippen LogP contribution in [0.25, 0.3) is 0 Å². The molecule has 3 amide bonds. The van der Waals surface area contributed by atoms with E-state index in [2.05, 4.69) is 11.8 Å². The maximum Gasteiger partial charge on any atom is 0.232 e. The summed E-state index contributed by atoms with van der Waals surface area (Å²) in [6, 6.07) is 15.0. The average Bonchev–Trinajstić information content (AvgIpc) is 3.92. The van der Waals surface area contributed by atoms with Gasteiger partial charge in [0.2, 0.25) is 27.7 Å². The fourth-order valence-electron chi connectivity index (χ4n) is 6.70. The van der Waals surface area contributed by atoms with Crippen molar-refractivity contribution in [1.29, 1.82) is 0 Å². The van der Waals surface area contributed by atoms with Crippen molar-refractivity contribution in [2.45, 2.75) is 58.3 Å². The predicted molar refractivity (Wildman–Crippen MR) is 191 cm³/mol. The molecule has 262 valence electrons. The van der Waals surface area contributed by atoms with E-state index in [-0.39, 0.29) is 24.1 Å². The van der Waals surface area contributed by atoms with E-state index in [9.17, 15) is 22.8 Å². The quantitative estimate of drug-likeness (QED) is 0.266. The van der Waals surface area contributed by atoms with Crippen LogP contribution in [0.3, 0.4) is 0 Å². The number of anilines is 2. The monoisotopic (exact) mass is 699 g/mol. The molecule has 1 unspecified atom stereocenters. The first-order valence-corrected chi connectivity index (χ1v) is 19.7. The Bertz CT molecular complexity index is 1520. The van der Waals surface area contributed by atoms with Gasteiger partial charge in [0.1, 0.15) is 0 Å². The Labute approximate surface area is 291 Å². The van der Waals surface area contributed by atoms with Crippen LogP contribution < -0.4 is 9.21 Å². The molecule has 0 N–H and O–H groups in total. The number of rotatable bonds is 14. The summed E-state index contributed by atoms with van der Waals surface area (Å²) in [5, 5.41) is 0.614. The molecule has 2 aliphatic heterocycles. The second-order valence-electron chi connectivity index (χ2n) is 13.5. The summed E-state index contributed by atoms with van der Waals surface area (Å²) in [6.07, 6.45) is 7.42. The number of unbranched alkanes of at least 4 members (excludes halogenated alkanes) is 2. The number of hydrogen-bond acceptors (Lipinski definition) is 6. The van der Waals surface area contributed by atoms with Crippen LogP contribution in [0.2, 0.25) is 5.02 Å². The van der Waals surface area contributed by atoms with Crippen LogP contribution in [0, 0.1) is 11.8 Å². The molecule has 0 bridgehead atoms. The standard InChI is InChI=1S/C36H50ClN5O5S/c1-3-4-5-10-34(43)39-19-21-40(22-20-39)35(44)26-30(25-28-13-15-31(37)16-14-28)36(45)41-23-17-38(18-24-41)32-8-6-7-9-33(32)42(48(2,46)47)27-29-11-12-29/h6-9,13-16,29-30H,3-5,10-12,17-27H2,1-2H3. The highest BCUT2D eigenvalue weighted by Gasteiger charge is 2.34. The van der Waals surface area contributed by atoms with Crippen molar-refractivity contribution < 1.29 is 22.8 Å². The van der Waals surface area contributed by atoms with Gasteiger partial charge in [0.15, 0.2) is 0 Å². The van der Waals surface area contributed by atoms with Gasteiger partial charge in [-0.2, -0.15) is 0 Å². The minimum absolute atomic E-state index is 0.0533. The number of carbonyl (C=O) groups is 3. The summed E-state index contributed by atoms with van der Waals surface area (Å²) < 4.78 is 27.2. The predicted octanol–water partition coefficient (Wildman–Crippen LogP) is 4.66. The first-order valence-electron chi connectivity index (χ1n) is 17.4. The molecule has 3 fully saturated rings. The summed E-state index contributed by atoms with van der Waals surface area (Å²) in [5.74, 6) is -0.109.